The Morgan fingerprint density at radius 1 is 1.40 bits per heavy atom. The van der Waals surface area contributed by atoms with Crippen molar-refractivity contribution in [2.75, 3.05) is 0 Å². The third kappa shape index (κ3) is 2.12. The predicted octanol–water partition coefficient (Wildman–Crippen LogP) is 3.78. The van der Waals surface area contributed by atoms with Crippen LogP contribution in [-0.4, -0.2) is 10.4 Å². The topological polar surface area (TPSA) is 33.4 Å². The number of hydrogen-bond donors (Lipinski definition) is 1. The Hall–Kier alpha value is -1.09. The van der Waals surface area contributed by atoms with Crippen LogP contribution in [0.1, 0.15) is 19.4 Å². The molecule has 2 rings (SSSR count). The van der Waals surface area contributed by atoms with Gasteiger partial charge < -0.3 is 9.52 Å². The number of furan rings is 1. The molecule has 2 nitrogen and oxygen atoms in total. The Kier molecular flexibility index (Phi) is 2.91. The first-order valence-corrected chi connectivity index (χ1v) is 6.03. The number of phenols is 1. The summed E-state index contributed by atoms with van der Waals surface area (Å²) in [5, 5.41) is 11.2. The van der Waals surface area contributed by atoms with Crippen LogP contribution in [0.25, 0.3) is 11.0 Å². The fraction of sp³-hybridized carbons (Fsp3) is 0.333. The summed E-state index contributed by atoms with van der Waals surface area (Å²) in [5.74, 6) is 1.18. The largest absolute Gasteiger partial charge is 0.507 e. The molecule has 0 saturated heterocycles. The zero-order valence-electron chi connectivity index (χ0n) is 8.86. The molecule has 0 aliphatic rings. The van der Waals surface area contributed by atoms with Gasteiger partial charge in [0.2, 0.25) is 0 Å². The van der Waals surface area contributed by atoms with Gasteiger partial charge >= 0.3 is 0 Å². The first-order valence-electron chi connectivity index (χ1n) is 4.98. The van der Waals surface area contributed by atoms with E-state index in [2.05, 4.69) is 13.8 Å². The van der Waals surface area contributed by atoms with Crippen LogP contribution in [0.15, 0.2) is 28.9 Å². The van der Waals surface area contributed by atoms with Crippen molar-refractivity contribution >= 4 is 22.7 Å². The molecular formula is C12H14O2S. The lowest BCUT2D eigenvalue weighted by atomic mass is 10.2. The van der Waals surface area contributed by atoms with Gasteiger partial charge in [0, 0.05) is 11.3 Å². The van der Waals surface area contributed by atoms with Crippen LogP contribution < -0.4 is 0 Å². The molecule has 3 heteroatoms. The normalized spacial score (nSPS) is 11.4. The predicted molar refractivity (Wildman–Crippen MR) is 64.3 cm³/mol. The minimum absolute atomic E-state index is 0.306. The van der Waals surface area contributed by atoms with Crippen LogP contribution in [-0.2, 0) is 5.75 Å². The molecule has 15 heavy (non-hydrogen) atoms. The molecule has 80 valence electrons. The van der Waals surface area contributed by atoms with Crippen molar-refractivity contribution in [1.82, 2.24) is 0 Å². The monoisotopic (exact) mass is 222 g/mol. The van der Waals surface area contributed by atoms with Crippen LogP contribution in [0.4, 0.5) is 0 Å². The van der Waals surface area contributed by atoms with Gasteiger partial charge in [-0.3, -0.25) is 0 Å². The Morgan fingerprint density at radius 2 is 2.20 bits per heavy atom. The highest BCUT2D eigenvalue weighted by atomic mass is 32.2. The summed E-state index contributed by atoms with van der Waals surface area (Å²) in [7, 11) is 0. The average molecular weight is 222 g/mol. The van der Waals surface area contributed by atoms with E-state index in [4.69, 9.17) is 4.42 Å². The lowest BCUT2D eigenvalue weighted by Gasteiger charge is -2.03. The number of aromatic hydroxyl groups is 1. The Bertz CT molecular complexity index is 460. The number of thioether (sulfide) groups is 1. The summed E-state index contributed by atoms with van der Waals surface area (Å²) in [5.41, 5.74) is 1.83. The molecule has 0 atom stereocenters. The van der Waals surface area contributed by atoms with Gasteiger partial charge in [-0.2, -0.15) is 11.8 Å². The van der Waals surface area contributed by atoms with Gasteiger partial charge in [-0.05, 0) is 17.4 Å². The molecule has 0 spiro atoms. The zero-order chi connectivity index (χ0) is 10.8. The van der Waals surface area contributed by atoms with Crippen molar-refractivity contribution in [3.05, 3.63) is 30.0 Å². The van der Waals surface area contributed by atoms with Crippen LogP contribution in [0.5, 0.6) is 5.75 Å². The fourth-order valence-electron chi connectivity index (χ4n) is 1.50. The maximum absolute atomic E-state index is 9.74. The molecule has 0 saturated carbocycles. The van der Waals surface area contributed by atoms with E-state index < -0.39 is 0 Å². The maximum atomic E-state index is 9.74. The van der Waals surface area contributed by atoms with Crippen LogP contribution in [0.3, 0.4) is 0 Å². The van der Waals surface area contributed by atoms with Gasteiger partial charge in [-0.15, -0.1) is 0 Å². The summed E-state index contributed by atoms with van der Waals surface area (Å²) in [4.78, 5) is 0. The van der Waals surface area contributed by atoms with Crippen LogP contribution in [0.2, 0.25) is 0 Å². The molecule has 0 aliphatic carbocycles. The standard InChI is InChI=1S/C12H14O2S/c1-8(2)15-7-9-6-14-11-5-3-4-10(13)12(9)11/h3-6,8,13H,7H2,1-2H3. The van der Waals surface area contributed by atoms with Gasteiger partial charge in [0.1, 0.15) is 11.3 Å². The highest BCUT2D eigenvalue weighted by molar-refractivity contribution is 7.99. The molecule has 2 aromatic rings. The van der Waals surface area contributed by atoms with Gasteiger partial charge in [0.25, 0.3) is 0 Å². The van der Waals surface area contributed by atoms with E-state index in [0.29, 0.717) is 11.0 Å². The maximum Gasteiger partial charge on any atom is 0.137 e. The second-order valence-electron chi connectivity index (χ2n) is 3.77. The minimum atomic E-state index is 0.306. The minimum Gasteiger partial charge on any atom is -0.507 e. The first kappa shape index (κ1) is 10.4. The van der Waals surface area contributed by atoms with E-state index >= 15 is 0 Å². The van der Waals surface area contributed by atoms with Crippen molar-refractivity contribution < 1.29 is 9.52 Å². The van der Waals surface area contributed by atoms with E-state index in [9.17, 15) is 5.11 Å². The fourth-order valence-corrected chi connectivity index (χ4v) is 2.22. The van der Waals surface area contributed by atoms with Gasteiger partial charge in [-0.25, -0.2) is 0 Å². The second-order valence-corrected chi connectivity index (χ2v) is 5.34. The third-order valence-corrected chi connectivity index (χ3v) is 3.37. The summed E-state index contributed by atoms with van der Waals surface area (Å²) in [6, 6.07) is 5.36. The van der Waals surface area contributed by atoms with E-state index in [0.717, 1.165) is 22.3 Å². The van der Waals surface area contributed by atoms with E-state index in [1.165, 1.54) is 0 Å². The Balaban J connectivity index is 2.35. The quantitative estimate of drug-likeness (QED) is 0.858. The average Bonchev–Trinajstić information content (AvgIpc) is 2.59. The molecule has 1 N–H and O–H groups in total. The number of rotatable bonds is 3. The van der Waals surface area contributed by atoms with E-state index in [1.54, 1.807) is 18.4 Å². The molecule has 0 unspecified atom stereocenters. The summed E-state index contributed by atoms with van der Waals surface area (Å²) < 4.78 is 5.39. The van der Waals surface area contributed by atoms with Crippen molar-refractivity contribution in [3.8, 4) is 5.75 Å². The Labute approximate surface area is 93.3 Å². The summed E-state index contributed by atoms with van der Waals surface area (Å²) in [6.07, 6.45) is 1.74. The number of fused-ring (bicyclic) bond motifs is 1. The molecule has 0 fully saturated rings. The van der Waals surface area contributed by atoms with Crippen LogP contribution >= 0.6 is 11.8 Å². The van der Waals surface area contributed by atoms with E-state index in [-0.39, 0.29) is 0 Å². The van der Waals surface area contributed by atoms with Crippen molar-refractivity contribution in [2.24, 2.45) is 0 Å². The van der Waals surface area contributed by atoms with Gasteiger partial charge in [0.15, 0.2) is 0 Å². The highest BCUT2D eigenvalue weighted by Gasteiger charge is 2.10. The SMILES string of the molecule is CC(C)SCc1coc2cccc(O)c12. The second kappa shape index (κ2) is 4.19. The molecule has 1 heterocycles. The zero-order valence-corrected chi connectivity index (χ0v) is 9.67. The first-order chi connectivity index (χ1) is 7.18. The van der Waals surface area contributed by atoms with Crippen LogP contribution in [0, 0.1) is 0 Å². The number of phenolic OH excluding ortho intramolecular Hbond substituents is 1. The molecule has 0 aliphatic heterocycles. The van der Waals surface area contributed by atoms with Gasteiger partial charge in [0.05, 0.1) is 11.6 Å². The molecule has 1 aromatic heterocycles. The molecular weight excluding hydrogens is 208 g/mol. The molecule has 0 bridgehead atoms. The highest BCUT2D eigenvalue weighted by Crippen LogP contribution is 2.32. The Morgan fingerprint density at radius 3 is 2.93 bits per heavy atom. The van der Waals surface area contributed by atoms with Crippen molar-refractivity contribution in [2.45, 2.75) is 24.9 Å². The van der Waals surface area contributed by atoms with Gasteiger partial charge in [-0.1, -0.05) is 19.9 Å². The van der Waals surface area contributed by atoms with Crippen molar-refractivity contribution in [1.29, 1.82) is 0 Å². The summed E-state index contributed by atoms with van der Waals surface area (Å²) >= 11 is 1.84. The lowest BCUT2D eigenvalue weighted by Crippen LogP contribution is -1.87. The number of benzene rings is 1. The van der Waals surface area contributed by atoms with Crippen molar-refractivity contribution in [3.63, 3.8) is 0 Å². The lowest BCUT2D eigenvalue weighted by molar-refractivity contribution is 0.481. The van der Waals surface area contributed by atoms with E-state index in [1.807, 2.05) is 17.8 Å². The third-order valence-electron chi connectivity index (χ3n) is 2.23. The number of hydrogen-bond acceptors (Lipinski definition) is 3. The molecule has 0 amide bonds. The molecule has 0 radical (unpaired) electrons. The smallest absolute Gasteiger partial charge is 0.137 e. The molecule has 1 aromatic carbocycles. The summed E-state index contributed by atoms with van der Waals surface area (Å²) in [6.45, 7) is 4.32.